The minimum absolute atomic E-state index is 0.112. The molecule has 0 aliphatic heterocycles. The first-order valence-corrected chi connectivity index (χ1v) is 9.27. The predicted octanol–water partition coefficient (Wildman–Crippen LogP) is 6.09. The summed E-state index contributed by atoms with van der Waals surface area (Å²) in [5.74, 6) is -7.66. The van der Waals surface area contributed by atoms with Crippen molar-refractivity contribution in [2.45, 2.75) is 56.1 Å². The van der Waals surface area contributed by atoms with E-state index in [4.69, 9.17) is 0 Å². The topological polar surface area (TPSA) is 78.9 Å². The number of alkyl halides is 15. The molecule has 1 rings (SSSR count). The molecule has 0 aromatic heterocycles. The molecule has 6 nitrogen and oxygen atoms in total. The van der Waals surface area contributed by atoms with Crippen molar-refractivity contribution in [1.29, 1.82) is 0 Å². The average Bonchev–Trinajstić information content (AvgIpc) is 2.70. The van der Waals surface area contributed by atoms with E-state index in [9.17, 15) is 80.2 Å². The van der Waals surface area contributed by atoms with Gasteiger partial charge in [0.25, 0.3) is 12.2 Å². The summed E-state index contributed by atoms with van der Waals surface area (Å²) >= 11 is 0. The number of hydrogen-bond acceptors (Lipinski definition) is 6. The summed E-state index contributed by atoms with van der Waals surface area (Å²) in [5, 5.41) is 0. The zero-order chi connectivity index (χ0) is 30.9. The third-order valence-corrected chi connectivity index (χ3v) is 4.02. The van der Waals surface area contributed by atoms with Crippen LogP contribution >= 0.6 is 0 Å². The van der Waals surface area contributed by atoms with Crippen molar-refractivity contribution in [3.63, 3.8) is 0 Å². The van der Waals surface area contributed by atoms with Gasteiger partial charge < -0.3 is 14.2 Å². The lowest BCUT2D eigenvalue weighted by Gasteiger charge is -2.24. The molecule has 0 saturated heterocycles. The van der Waals surface area contributed by atoms with Gasteiger partial charge >= 0.3 is 48.8 Å². The molecule has 1 atom stereocenters. The number of carbonyl (C=O) groups is 3. The highest BCUT2D eigenvalue weighted by Gasteiger charge is 2.61. The van der Waals surface area contributed by atoms with Crippen molar-refractivity contribution in [3.8, 4) is 0 Å². The first-order valence-electron chi connectivity index (χ1n) is 9.27. The van der Waals surface area contributed by atoms with Crippen LogP contribution in [0.1, 0.15) is 38.0 Å². The summed E-state index contributed by atoms with van der Waals surface area (Å²) in [6.07, 6.45) is -43.3. The smallest absolute Gasteiger partial charge is 0.434 e. The molecule has 0 bridgehead atoms. The number of carbonyl (C=O) groups excluding carboxylic acids is 3. The van der Waals surface area contributed by atoms with E-state index in [0.717, 1.165) is 0 Å². The van der Waals surface area contributed by atoms with Gasteiger partial charge in [0.15, 0.2) is 6.10 Å². The van der Waals surface area contributed by atoms with E-state index in [1.807, 2.05) is 0 Å². The Morgan fingerprint density at radius 3 is 0.923 bits per heavy atom. The molecule has 0 radical (unpaired) electrons. The second-order valence-electron chi connectivity index (χ2n) is 7.13. The summed E-state index contributed by atoms with van der Waals surface area (Å²) in [6.45, 7) is 0.194. The highest BCUT2D eigenvalue weighted by atomic mass is 19.4. The van der Waals surface area contributed by atoms with Crippen LogP contribution in [0.15, 0.2) is 18.2 Å². The maximum absolute atomic E-state index is 12.7. The number of ether oxygens (including phenoxy) is 3. The van der Waals surface area contributed by atoms with Gasteiger partial charge in [0.1, 0.15) is 0 Å². The molecule has 0 saturated carbocycles. The third-order valence-electron chi connectivity index (χ3n) is 4.02. The Morgan fingerprint density at radius 2 is 0.718 bits per heavy atom. The van der Waals surface area contributed by atoms with Gasteiger partial charge in [0, 0.05) is 0 Å². The van der Waals surface area contributed by atoms with Crippen molar-refractivity contribution in [2.24, 2.45) is 0 Å². The number of benzene rings is 1. The minimum Gasteiger partial charge on any atom is -0.449 e. The van der Waals surface area contributed by atoms with Crippen LogP contribution in [-0.2, 0) is 14.2 Å². The molecule has 1 unspecified atom stereocenters. The van der Waals surface area contributed by atoms with Gasteiger partial charge in [0.2, 0.25) is 0 Å². The first kappa shape index (κ1) is 33.6. The molecule has 0 aliphatic carbocycles. The molecule has 0 fully saturated rings. The Balaban J connectivity index is 3.62. The van der Waals surface area contributed by atoms with Crippen LogP contribution < -0.4 is 0 Å². The Bertz CT molecular complexity index is 973. The van der Waals surface area contributed by atoms with Crippen LogP contribution in [0.25, 0.3) is 0 Å². The molecule has 222 valence electrons. The van der Waals surface area contributed by atoms with Gasteiger partial charge in [-0.15, -0.1) is 0 Å². The lowest BCUT2D eigenvalue weighted by Crippen LogP contribution is -2.45. The number of hydrogen-bond donors (Lipinski definition) is 0. The summed E-state index contributed by atoms with van der Waals surface area (Å²) < 4.78 is 200. The highest BCUT2D eigenvalue weighted by Crippen LogP contribution is 2.38. The summed E-state index contributed by atoms with van der Waals surface area (Å²) in [4.78, 5) is 35.9. The van der Waals surface area contributed by atoms with Gasteiger partial charge in [-0.3, -0.25) is 0 Å². The average molecular weight is 606 g/mol. The molecule has 39 heavy (non-hydrogen) atoms. The second kappa shape index (κ2) is 11.0. The van der Waals surface area contributed by atoms with Crippen molar-refractivity contribution in [3.05, 3.63) is 34.9 Å². The fourth-order valence-electron chi connectivity index (χ4n) is 2.27. The number of rotatable bonds is 6. The first-order chi connectivity index (χ1) is 17.2. The molecule has 1 aromatic carbocycles. The van der Waals surface area contributed by atoms with E-state index in [0.29, 0.717) is 0 Å². The minimum atomic E-state index is -6.33. The Hall–Kier alpha value is -3.42. The van der Waals surface area contributed by atoms with Gasteiger partial charge in [-0.2, -0.15) is 65.9 Å². The molecular formula is C18H9F15O6. The zero-order valence-corrected chi connectivity index (χ0v) is 18.1. The van der Waals surface area contributed by atoms with Gasteiger partial charge in [-0.1, -0.05) is 0 Å². The fraction of sp³-hybridized carbons (Fsp3) is 0.500. The lowest BCUT2D eigenvalue weighted by atomic mass is 10.1. The van der Waals surface area contributed by atoms with Crippen LogP contribution in [0.2, 0.25) is 0 Å². The van der Waals surface area contributed by atoms with E-state index in [1.165, 1.54) is 0 Å². The Morgan fingerprint density at radius 1 is 0.487 bits per heavy atom. The normalized spacial score (nSPS) is 14.3. The maximum atomic E-state index is 12.7. The second-order valence-corrected chi connectivity index (χ2v) is 7.13. The van der Waals surface area contributed by atoms with Crippen molar-refractivity contribution in [2.75, 3.05) is 0 Å². The van der Waals surface area contributed by atoms with Crippen LogP contribution in [-0.4, -0.2) is 67.1 Å². The molecule has 0 amide bonds. The van der Waals surface area contributed by atoms with Gasteiger partial charge in [-0.25, -0.2) is 14.4 Å². The van der Waals surface area contributed by atoms with Crippen LogP contribution in [0.3, 0.4) is 0 Å². The van der Waals surface area contributed by atoms with Crippen LogP contribution in [0.5, 0.6) is 0 Å². The molecule has 0 spiro atoms. The molecular weight excluding hydrogens is 597 g/mol. The predicted molar refractivity (Wildman–Crippen MR) is 90.0 cm³/mol. The van der Waals surface area contributed by atoms with E-state index < -0.39 is 83.8 Å². The number of halogens is 15. The third kappa shape index (κ3) is 9.37. The van der Waals surface area contributed by atoms with Crippen LogP contribution in [0.4, 0.5) is 65.9 Å². The molecule has 1 aromatic rings. The van der Waals surface area contributed by atoms with E-state index in [1.54, 1.807) is 0 Å². The standard InChI is InChI=1S/C18H9F15O6/c1-5(14(19,20)21)37-9(34)6-2-7(10(35)38-12(15(22,23)24)16(25,26)27)4-8(3-6)11(36)39-13(17(28,29)30)18(31,32)33/h2-5,12-13H,1H3. The Labute approximate surface area is 204 Å². The lowest BCUT2D eigenvalue weighted by molar-refractivity contribution is -0.307. The van der Waals surface area contributed by atoms with Crippen molar-refractivity contribution >= 4 is 17.9 Å². The zero-order valence-electron chi connectivity index (χ0n) is 18.1. The van der Waals surface area contributed by atoms with Gasteiger partial charge in [0.05, 0.1) is 16.7 Å². The van der Waals surface area contributed by atoms with Crippen molar-refractivity contribution < 1.29 is 94.5 Å². The van der Waals surface area contributed by atoms with E-state index in [-0.39, 0.29) is 25.1 Å². The van der Waals surface area contributed by atoms with E-state index >= 15 is 0 Å². The SMILES string of the molecule is CC(OC(=O)c1cc(C(=O)OC(C(F)(F)F)C(F)(F)F)cc(C(=O)OC(C(F)(F)F)C(F)(F)F)c1)C(F)(F)F. The maximum Gasteiger partial charge on any atom is 0.434 e. The summed E-state index contributed by atoms with van der Waals surface area (Å²) in [6, 6.07) is -0.471. The van der Waals surface area contributed by atoms with Crippen LogP contribution in [0, 0.1) is 0 Å². The quantitative estimate of drug-likeness (QED) is 0.222. The molecule has 0 aliphatic rings. The van der Waals surface area contributed by atoms with E-state index in [2.05, 4.69) is 14.2 Å². The largest absolute Gasteiger partial charge is 0.449 e. The Kier molecular flexibility index (Phi) is 9.47. The monoisotopic (exact) mass is 606 g/mol. The molecule has 0 heterocycles. The summed E-state index contributed by atoms with van der Waals surface area (Å²) in [5.41, 5.74) is -5.02. The molecule has 21 heteroatoms. The molecule has 0 N–H and O–H groups in total. The van der Waals surface area contributed by atoms with Gasteiger partial charge in [-0.05, 0) is 25.1 Å². The fourth-order valence-corrected chi connectivity index (χ4v) is 2.27. The summed E-state index contributed by atoms with van der Waals surface area (Å²) in [7, 11) is 0. The van der Waals surface area contributed by atoms with Crippen molar-refractivity contribution in [1.82, 2.24) is 0 Å². The number of esters is 3. The highest BCUT2D eigenvalue weighted by molar-refractivity contribution is 6.00.